The Balaban J connectivity index is 3.05. The summed E-state index contributed by atoms with van der Waals surface area (Å²) in [5.41, 5.74) is 1.35. The standard InChI is InChI=1S/C13H17FO/c1-8(2)10(4)13(15)12-7-11(14)6-5-9(12)3/h5-8,10H,1-4H3. The Morgan fingerprint density at radius 2 is 1.87 bits per heavy atom. The van der Waals surface area contributed by atoms with Crippen molar-refractivity contribution in [1.29, 1.82) is 0 Å². The SMILES string of the molecule is Cc1ccc(F)cc1C(=O)C(C)C(C)C. The third-order valence-electron chi connectivity index (χ3n) is 2.88. The van der Waals surface area contributed by atoms with Gasteiger partial charge in [0, 0.05) is 11.5 Å². The number of carbonyl (C=O) groups is 1. The van der Waals surface area contributed by atoms with Crippen LogP contribution >= 0.6 is 0 Å². The van der Waals surface area contributed by atoms with Crippen molar-refractivity contribution in [2.75, 3.05) is 0 Å². The highest BCUT2D eigenvalue weighted by Crippen LogP contribution is 2.19. The summed E-state index contributed by atoms with van der Waals surface area (Å²) in [7, 11) is 0. The summed E-state index contributed by atoms with van der Waals surface area (Å²) in [6.45, 7) is 7.71. The summed E-state index contributed by atoms with van der Waals surface area (Å²) in [6.07, 6.45) is 0. The van der Waals surface area contributed by atoms with Crippen LogP contribution in [-0.4, -0.2) is 5.78 Å². The fourth-order valence-corrected chi connectivity index (χ4v) is 1.41. The van der Waals surface area contributed by atoms with E-state index in [0.717, 1.165) is 5.56 Å². The highest BCUT2D eigenvalue weighted by atomic mass is 19.1. The number of hydrogen-bond donors (Lipinski definition) is 0. The highest BCUT2D eigenvalue weighted by Gasteiger charge is 2.20. The van der Waals surface area contributed by atoms with E-state index in [9.17, 15) is 9.18 Å². The van der Waals surface area contributed by atoms with E-state index in [0.29, 0.717) is 5.56 Å². The molecular formula is C13H17FO. The van der Waals surface area contributed by atoms with Gasteiger partial charge in [-0.1, -0.05) is 26.8 Å². The molecular weight excluding hydrogens is 191 g/mol. The van der Waals surface area contributed by atoms with Crippen molar-refractivity contribution in [3.63, 3.8) is 0 Å². The minimum Gasteiger partial charge on any atom is -0.294 e. The molecule has 15 heavy (non-hydrogen) atoms. The molecule has 2 heteroatoms. The lowest BCUT2D eigenvalue weighted by Gasteiger charge is -2.15. The predicted octanol–water partition coefficient (Wildman–Crippen LogP) is 3.61. The van der Waals surface area contributed by atoms with Crippen LogP contribution < -0.4 is 0 Å². The first-order valence-electron chi connectivity index (χ1n) is 5.24. The molecule has 1 aromatic carbocycles. The second kappa shape index (κ2) is 4.56. The Morgan fingerprint density at radius 1 is 1.27 bits per heavy atom. The van der Waals surface area contributed by atoms with Crippen molar-refractivity contribution in [3.05, 3.63) is 35.1 Å². The number of halogens is 1. The molecule has 0 heterocycles. The van der Waals surface area contributed by atoms with E-state index in [1.54, 1.807) is 6.07 Å². The smallest absolute Gasteiger partial charge is 0.166 e. The molecule has 0 aliphatic heterocycles. The van der Waals surface area contributed by atoms with Crippen LogP contribution in [0.2, 0.25) is 0 Å². The number of rotatable bonds is 3. The molecule has 1 atom stereocenters. The van der Waals surface area contributed by atoms with E-state index < -0.39 is 0 Å². The van der Waals surface area contributed by atoms with E-state index in [4.69, 9.17) is 0 Å². The lowest BCUT2D eigenvalue weighted by Crippen LogP contribution is -2.18. The maximum Gasteiger partial charge on any atom is 0.166 e. The molecule has 0 amide bonds. The number of benzene rings is 1. The summed E-state index contributed by atoms with van der Waals surface area (Å²) in [4.78, 5) is 12.0. The molecule has 0 saturated carbocycles. The largest absolute Gasteiger partial charge is 0.294 e. The van der Waals surface area contributed by atoms with E-state index in [-0.39, 0.29) is 23.4 Å². The Morgan fingerprint density at radius 3 is 2.40 bits per heavy atom. The molecule has 1 nitrogen and oxygen atoms in total. The van der Waals surface area contributed by atoms with Gasteiger partial charge in [0.05, 0.1) is 0 Å². The number of aryl methyl sites for hydroxylation is 1. The first-order chi connectivity index (χ1) is 6.93. The third kappa shape index (κ3) is 2.65. The van der Waals surface area contributed by atoms with Crippen molar-refractivity contribution in [3.8, 4) is 0 Å². The first kappa shape index (κ1) is 11.9. The van der Waals surface area contributed by atoms with Crippen LogP contribution in [0.5, 0.6) is 0 Å². The van der Waals surface area contributed by atoms with Crippen molar-refractivity contribution in [1.82, 2.24) is 0 Å². The van der Waals surface area contributed by atoms with Gasteiger partial charge in [-0.2, -0.15) is 0 Å². The Labute approximate surface area is 90.3 Å². The number of carbonyl (C=O) groups excluding carboxylic acids is 1. The van der Waals surface area contributed by atoms with Gasteiger partial charge in [0.2, 0.25) is 0 Å². The van der Waals surface area contributed by atoms with Crippen LogP contribution in [0.25, 0.3) is 0 Å². The second-order valence-corrected chi connectivity index (χ2v) is 4.36. The van der Waals surface area contributed by atoms with Crippen LogP contribution in [0.15, 0.2) is 18.2 Å². The summed E-state index contributed by atoms with van der Waals surface area (Å²) in [6, 6.07) is 4.36. The fraction of sp³-hybridized carbons (Fsp3) is 0.462. The molecule has 82 valence electrons. The normalized spacial score (nSPS) is 12.9. The summed E-state index contributed by atoms with van der Waals surface area (Å²) >= 11 is 0. The summed E-state index contributed by atoms with van der Waals surface area (Å²) in [5.74, 6) is -0.104. The zero-order valence-corrected chi connectivity index (χ0v) is 9.67. The van der Waals surface area contributed by atoms with Crippen LogP contribution in [-0.2, 0) is 0 Å². The van der Waals surface area contributed by atoms with Crippen LogP contribution in [0.3, 0.4) is 0 Å². The van der Waals surface area contributed by atoms with E-state index >= 15 is 0 Å². The Hall–Kier alpha value is -1.18. The van der Waals surface area contributed by atoms with Gasteiger partial charge in [0.15, 0.2) is 5.78 Å². The maximum absolute atomic E-state index is 13.0. The summed E-state index contributed by atoms with van der Waals surface area (Å²) < 4.78 is 13.0. The second-order valence-electron chi connectivity index (χ2n) is 4.36. The quantitative estimate of drug-likeness (QED) is 0.693. The van der Waals surface area contributed by atoms with Gasteiger partial charge in [-0.05, 0) is 30.5 Å². The molecule has 1 rings (SSSR count). The minimum atomic E-state index is -0.347. The van der Waals surface area contributed by atoms with E-state index in [1.807, 2.05) is 27.7 Å². The van der Waals surface area contributed by atoms with E-state index in [1.165, 1.54) is 12.1 Å². The fourth-order valence-electron chi connectivity index (χ4n) is 1.41. The van der Waals surface area contributed by atoms with Gasteiger partial charge in [0.1, 0.15) is 5.82 Å². The maximum atomic E-state index is 13.0. The average molecular weight is 208 g/mol. The van der Waals surface area contributed by atoms with Crippen LogP contribution in [0.4, 0.5) is 4.39 Å². The lowest BCUT2D eigenvalue weighted by molar-refractivity contribution is 0.0898. The molecule has 0 spiro atoms. The Bertz CT molecular complexity index is 369. The topological polar surface area (TPSA) is 17.1 Å². The van der Waals surface area contributed by atoms with Crippen molar-refractivity contribution < 1.29 is 9.18 Å². The third-order valence-corrected chi connectivity index (χ3v) is 2.88. The van der Waals surface area contributed by atoms with Gasteiger partial charge in [0.25, 0.3) is 0 Å². The number of Topliss-reactive ketones (excluding diaryl/α,β-unsaturated/α-hetero) is 1. The zero-order valence-electron chi connectivity index (χ0n) is 9.67. The van der Waals surface area contributed by atoms with Gasteiger partial charge < -0.3 is 0 Å². The van der Waals surface area contributed by atoms with E-state index in [2.05, 4.69) is 0 Å². The first-order valence-corrected chi connectivity index (χ1v) is 5.24. The van der Waals surface area contributed by atoms with Crippen molar-refractivity contribution >= 4 is 5.78 Å². The van der Waals surface area contributed by atoms with Crippen molar-refractivity contribution in [2.24, 2.45) is 11.8 Å². The molecule has 0 saturated heterocycles. The van der Waals surface area contributed by atoms with Gasteiger partial charge in [-0.25, -0.2) is 4.39 Å². The van der Waals surface area contributed by atoms with Crippen LogP contribution in [0, 0.1) is 24.6 Å². The van der Waals surface area contributed by atoms with Crippen LogP contribution in [0.1, 0.15) is 36.7 Å². The molecule has 0 aromatic heterocycles. The van der Waals surface area contributed by atoms with Gasteiger partial charge >= 0.3 is 0 Å². The molecule has 0 fully saturated rings. The lowest BCUT2D eigenvalue weighted by atomic mass is 9.88. The molecule has 0 bridgehead atoms. The van der Waals surface area contributed by atoms with Gasteiger partial charge in [-0.15, -0.1) is 0 Å². The molecule has 1 aromatic rings. The molecule has 0 aliphatic rings. The molecule has 0 radical (unpaired) electrons. The molecule has 0 aliphatic carbocycles. The van der Waals surface area contributed by atoms with Crippen molar-refractivity contribution in [2.45, 2.75) is 27.7 Å². The average Bonchev–Trinajstić information content (AvgIpc) is 2.19. The molecule has 0 N–H and O–H groups in total. The Kier molecular flexibility index (Phi) is 3.61. The monoisotopic (exact) mass is 208 g/mol. The van der Waals surface area contributed by atoms with Gasteiger partial charge in [-0.3, -0.25) is 4.79 Å². The minimum absolute atomic E-state index is 0.0296. The molecule has 1 unspecified atom stereocenters. The number of hydrogen-bond acceptors (Lipinski definition) is 1. The summed E-state index contributed by atoms with van der Waals surface area (Å²) in [5, 5.41) is 0. The zero-order chi connectivity index (χ0) is 11.6. The predicted molar refractivity (Wildman–Crippen MR) is 59.5 cm³/mol. The number of ketones is 1. The highest BCUT2D eigenvalue weighted by molar-refractivity contribution is 5.99.